The van der Waals surface area contributed by atoms with Crippen LogP contribution >= 0.6 is 0 Å². The van der Waals surface area contributed by atoms with E-state index in [1.165, 1.54) is 0 Å². The molecular formula is C17H22N4O. The molecule has 0 spiro atoms. The maximum absolute atomic E-state index is 12.3. The Labute approximate surface area is 131 Å². The van der Waals surface area contributed by atoms with Gasteiger partial charge in [0.05, 0.1) is 6.04 Å². The van der Waals surface area contributed by atoms with E-state index in [-0.39, 0.29) is 11.9 Å². The highest BCUT2D eigenvalue weighted by Gasteiger charge is 2.13. The summed E-state index contributed by atoms with van der Waals surface area (Å²) in [5.41, 5.74) is 1.43. The molecule has 0 aliphatic rings. The molecule has 0 saturated heterocycles. The number of amides is 1. The first-order valence-corrected chi connectivity index (χ1v) is 7.63. The minimum Gasteiger partial charge on any atom is -0.354 e. The largest absolute Gasteiger partial charge is 0.354 e. The van der Waals surface area contributed by atoms with Crippen molar-refractivity contribution in [2.45, 2.75) is 32.7 Å². The van der Waals surface area contributed by atoms with Gasteiger partial charge in [-0.1, -0.05) is 43.7 Å². The van der Waals surface area contributed by atoms with Gasteiger partial charge >= 0.3 is 0 Å². The van der Waals surface area contributed by atoms with Crippen molar-refractivity contribution in [2.24, 2.45) is 0 Å². The van der Waals surface area contributed by atoms with Crippen LogP contribution in [0.25, 0.3) is 0 Å². The normalized spacial score (nSPS) is 11.7. The Morgan fingerprint density at radius 3 is 2.73 bits per heavy atom. The molecule has 0 saturated carbocycles. The Hall–Kier alpha value is -2.43. The highest BCUT2D eigenvalue weighted by molar-refractivity contribution is 5.92. The van der Waals surface area contributed by atoms with E-state index in [2.05, 4.69) is 27.5 Å². The molecule has 1 unspecified atom stereocenters. The summed E-state index contributed by atoms with van der Waals surface area (Å²) in [5, 5.41) is 6.07. The number of rotatable bonds is 7. The molecule has 0 bridgehead atoms. The lowest BCUT2D eigenvalue weighted by Gasteiger charge is -2.14. The monoisotopic (exact) mass is 298 g/mol. The molecule has 5 nitrogen and oxygen atoms in total. The molecular weight excluding hydrogens is 276 g/mol. The van der Waals surface area contributed by atoms with Crippen molar-refractivity contribution in [2.75, 3.05) is 11.9 Å². The van der Waals surface area contributed by atoms with Crippen LogP contribution in [0.2, 0.25) is 0 Å². The van der Waals surface area contributed by atoms with Crippen molar-refractivity contribution in [3.8, 4) is 0 Å². The van der Waals surface area contributed by atoms with E-state index >= 15 is 0 Å². The predicted molar refractivity (Wildman–Crippen MR) is 87.8 cm³/mol. The summed E-state index contributed by atoms with van der Waals surface area (Å²) in [6, 6.07) is 11.4. The number of anilines is 1. The Balaban J connectivity index is 1.98. The van der Waals surface area contributed by atoms with Crippen molar-refractivity contribution in [1.82, 2.24) is 15.3 Å². The molecule has 1 aromatic heterocycles. The van der Waals surface area contributed by atoms with E-state index in [1.54, 1.807) is 12.3 Å². The minimum absolute atomic E-state index is 0.0693. The van der Waals surface area contributed by atoms with E-state index in [9.17, 15) is 4.79 Å². The van der Waals surface area contributed by atoms with Gasteiger partial charge < -0.3 is 10.6 Å². The molecule has 0 aliphatic carbocycles. The third kappa shape index (κ3) is 4.55. The molecule has 22 heavy (non-hydrogen) atoms. The summed E-state index contributed by atoms with van der Waals surface area (Å²) in [6.07, 6.45) is 3.75. The van der Waals surface area contributed by atoms with Crippen LogP contribution in [0, 0.1) is 0 Å². The second kappa shape index (κ2) is 8.12. The number of aromatic nitrogens is 2. The number of benzene rings is 1. The van der Waals surface area contributed by atoms with Crippen molar-refractivity contribution >= 4 is 11.9 Å². The van der Waals surface area contributed by atoms with Gasteiger partial charge in [-0.15, -0.1) is 0 Å². The van der Waals surface area contributed by atoms with Gasteiger partial charge in [-0.05, 0) is 25.0 Å². The maximum Gasteiger partial charge on any atom is 0.270 e. The van der Waals surface area contributed by atoms with Gasteiger partial charge in [-0.2, -0.15) is 0 Å². The fourth-order valence-corrected chi connectivity index (χ4v) is 2.04. The molecule has 0 aliphatic heterocycles. The first-order valence-electron chi connectivity index (χ1n) is 7.63. The van der Waals surface area contributed by atoms with Gasteiger partial charge in [0, 0.05) is 12.7 Å². The second-order valence-corrected chi connectivity index (χ2v) is 5.15. The van der Waals surface area contributed by atoms with Crippen LogP contribution in [-0.4, -0.2) is 22.4 Å². The SMILES string of the molecule is CCCCNc1nccc(C(=O)NC(C)c2ccccc2)n1. The highest BCUT2D eigenvalue weighted by atomic mass is 16.1. The van der Waals surface area contributed by atoms with Crippen LogP contribution in [-0.2, 0) is 0 Å². The lowest BCUT2D eigenvalue weighted by molar-refractivity contribution is 0.0935. The molecule has 1 heterocycles. The van der Waals surface area contributed by atoms with Gasteiger partial charge in [0.15, 0.2) is 0 Å². The smallest absolute Gasteiger partial charge is 0.270 e. The number of hydrogen-bond donors (Lipinski definition) is 2. The van der Waals surface area contributed by atoms with Crippen LogP contribution in [0.1, 0.15) is 48.8 Å². The van der Waals surface area contributed by atoms with Crippen LogP contribution in [0.5, 0.6) is 0 Å². The zero-order valence-electron chi connectivity index (χ0n) is 13.0. The third-order valence-electron chi connectivity index (χ3n) is 3.35. The van der Waals surface area contributed by atoms with Crippen LogP contribution < -0.4 is 10.6 Å². The Morgan fingerprint density at radius 1 is 1.23 bits per heavy atom. The van der Waals surface area contributed by atoms with Crippen LogP contribution in [0.15, 0.2) is 42.6 Å². The first kappa shape index (κ1) is 15.9. The van der Waals surface area contributed by atoms with Crippen molar-refractivity contribution < 1.29 is 4.79 Å². The van der Waals surface area contributed by atoms with E-state index < -0.39 is 0 Å². The van der Waals surface area contributed by atoms with Gasteiger partial charge in [0.25, 0.3) is 5.91 Å². The lowest BCUT2D eigenvalue weighted by atomic mass is 10.1. The molecule has 2 rings (SSSR count). The van der Waals surface area contributed by atoms with E-state index in [0.29, 0.717) is 11.6 Å². The van der Waals surface area contributed by atoms with E-state index in [0.717, 1.165) is 24.9 Å². The van der Waals surface area contributed by atoms with Crippen molar-refractivity contribution in [1.29, 1.82) is 0 Å². The number of carbonyl (C=O) groups is 1. The molecule has 1 atom stereocenters. The average molecular weight is 298 g/mol. The molecule has 5 heteroatoms. The summed E-state index contributed by atoms with van der Waals surface area (Å²) in [6.45, 7) is 4.88. The molecule has 1 aromatic carbocycles. The Bertz CT molecular complexity index is 601. The zero-order chi connectivity index (χ0) is 15.8. The standard InChI is InChI=1S/C17H22N4O/c1-3-4-11-18-17-19-12-10-15(21-17)16(22)20-13(2)14-8-6-5-7-9-14/h5-10,12-13H,3-4,11H2,1-2H3,(H,20,22)(H,18,19,21). The van der Waals surface area contributed by atoms with Crippen molar-refractivity contribution in [3.63, 3.8) is 0 Å². The summed E-state index contributed by atoms with van der Waals surface area (Å²) in [5.74, 6) is 0.297. The maximum atomic E-state index is 12.3. The molecule has 0 fully saturated rings. The van der Waals surface area contributed by atoms with Gasteiger partial charge in [0.1, 0.15) is 5.69 Å². The quantitative estimate of drug-likeness (QED) is 0.770. The number of nitrogens with one attached hydrogen (secondary N) is 2. The van der Waals surface area contributed by atoms with Gasteiger partial charge in [-0.25, -0.2) is 9.97 Å². The number of carbonyl (C=O) groups excluding carboxylic acids is 1. The Morgan fingerprint density at radius 2 is 2.00 bits per heavy atom. The minimum atomic E-state index is -0.197. The number of hydrogen-bond acceptors (Lipinski definition) is 4. The topological polar surface area (TPSA) is 66.9 Å². The molecule has 2 aromatic rings. The van der Waals surface area contributed by atoms with Crippen LogP contribution in [0.3, 0.4) is 0 Å². The van der Waals surface area contributed by atoms with Crippen LogP contribution in [0.4, 0.5) is 5.95 Å². The molecule has 2 N–H and O–H groups in total. The third-order valence-corrected chi connectivity index (χ3v) is 3.35. The first-order chi connectivity index (χ1) is 10.7. The molecule has 116 valence electrons. The number of nitrogens with zero attached hydrogens (tertiary/aromatic N) is 2. The average Bonchev–Trinajstić information content (AvgIpc) is 2.56. The Kier molecular flexibility index (Phi) is 5.89. The summed E-state index contributed by atoms with van der Waals surface area (Å²) in [4.78, 5) is 20.7. The summed E-state index contributed by atoms with van der Waals surface area (Å²) < 4.78 is 0. The highest BCUT2D eigenvalue weighted by Crippen LogP contribution is 2.12. The molecule has 0 radical (unpaired) electrons. The van der Waals surface area contributed by atoms with Gasteiger partial charge in [-0.3, -0.25) is 4.79 Å². The predicted octanol–water partition coefficient (Wildman–Crippen LogP) is 3.18. The van der Waals surface area contributed by atoms with Crippen molar-refractivity contribution in [3.05, 3.63) is 53.9 Å². The zero-order valence-corrected chi connectivity index (χ0v) is 13.0. The second-order valence-electron chi connectivity index (χ2n) is 5.15. The molecule has 1 amide bonds. The summed E-state index contributed by atoms with van der Waals surface area (Å²) >= 11 is 0. The fourth-order valence-electron chi connectivity index (χ4n) is 2.04. The number of unbranched alkanes of at least 4 members (excludes halogenated alkanes) is 1. The van der Waals surface area contributed by atoms with E-state index in [4.69, 9.17) is 0 Å². The summed E-state index contributed by atoms with van der Waals surface area (Å²) in [7, 11) is 0. The fraction of sp³-hybridized carbons (Fsp3) is 0.353. The van der Waals surface area contributed by atoms with E-state index in [1.807, 2.05) is 37.3 Å². The lowest BCUT2D eigenvalue weighted by Crippen LogP contribution is -2.27. The van der Waals surface area contributed by atoms with Gasteiger partial charge in [0.2, 0.25) is 5.95 Å².